The molecule has 0 aliphatic carbocycles. The van der Waals surface area contributed by atoms with E-state index in [9.17, 15) is 14.4 Å². The topological polar surface area (TPSA) is 92.5 Å². The van der Waals surface area contributed by atoms with Crippen LogP contribution in [0.5, 0.6) is 0 Å². The summed E-state index contributed by atoms with van der Waals surface area (Å²) in [5.74, 6) is -0.160. The van der Waals surface area contributed by atoms with Gasteiger partial charge in [-0.05, 0) is 26.0 Å². The van der Waals surface area contributed by atoms with Crippen LogP contribution >= 0.6 is 0 Å². The Balaban J connectivity index is 2.07. The van der Waals surface area contributed by atoms with Crippen LogP contribution in [0, 0.1) is 13.8 Å². The van der Waals surface area contributed by atoms with Gasteiger partial charge in [-0.3, -0.25) is 23.1 Å². The standard InChI is InChI=1S/C19H19N5O4/c1-11-5-7-13(8-6-11)24-12(2)9-22-15-16(20-18(22)24)21(3)19(27)23(17(15)26)10-14(25)28-4/h5-9H,10H2,1-4H3. The van der Waals surface area contributed by atoms with Crippen LogP contribution in [0.25, 0.3) is 22.6 Å². The van der Waals surface area contributed by atoms with Crippen LogP contribution in [-0.4, -0.2) is 36.2 Å². The fourth-order valence-corrected chi connectivity index (χ4v) is 3.36. The maximum Gasteiger partial charge on any atom is 0.333 e. The van der Waals surface area contributed by atoms with E-state index in [1.54, 1.807) is 10.6 Å². The molecule has 0 saturated carbocycles. The Bertz CT molecular complexity index is 1350. The van der Waals surface area contributed by atoms with E-state index in [4.69, 9.17) is 0 Å². The molecule has 3 aromatic heterocycles. The molecule has 9 nitrogen and oxygen atoms in total. The molecular formula is C19H19N5O4. The fourth-order valence-electron chi connectivity index (χ4n) is 3.36. The molecule has 0 spiro atoms. The zero-order chi connectivity index (χ0) is 20.2. The Morgan fingerprint density at radius 3 is 2.46 bits per heavy atom. The lowest BCUT2D eigenvalue weighted by Gasteiger charge is -2.07. The molecule has 0 radical (unpaired) electrons. The fraction of sp³-hybridized carbons (Fsp3) is 0.263. The highest BCUT2D eigenvalue weighted by atomic mass is 16.5. The quantitative estimate of drug-likeness (QED) is 0.492. The van der Waals surface area contributed by atoms with Gasteiger partial charge in [-0.2, -0.15) is 4.98 Å². The zero-order valence-corrected chi connectivity index (χ0v) is 16.0. The van der Waals surface area contributed by atoms with E-state index in [-0.39, 0.29) is 11.2 Å². The average Bonchev–Trinajstić information content (AvgIpc) is 3.18. The minimum Gasteiger partial charge on any atom is -0.468 e. The summed E-state index contributed by atoms with van der Waals surface area (Å²) in [6.45, 7) is 3.46. The molecular weight excluding hydrogens is 362 g/mol. The van der Waals surface area contributed by atoms with Crippen molar-refractivity contribution in [2.45, 2.75) is 20.4 Å². The minimum atomic E-state index is -0.673. The largest absolute Gasteiger partial charge is 0.468 e. The van der Waals surface area contributed by atoms with Gasteiger partial charge in [0.05, 0.1) is 7.11 Å². The number of benzene rings is 1. The molecule has 3 heterocycles. The number of aromatic nitrogens is 5. The number of esters is 1. The van der Waals surface area contributed by atoms with Gasteiger partial charge >= 0.3 is 11.7 Å². The molecule has 28 heavy (non-hydrogen) atoms. The van der Waals surface area contributed by atoms with Crippen molar-refractivity contribution in [1.29, 1.82) is 0 Å². The predicted molar refractivity (Wildman–Crippen MR) is 103 cm³/mol. The maximum absolute atomic E-state index is 13.0. The van der Waals surface area contributed by atoms with Crippen LogP contribution in [0.4, 0.5) is 0 Å². The second-order valence-corrected chi connectivity index (χ2v) is 6.70. The Kier molecular flexibility index (Phi) is 3.95. The smallest absolute Gasteiger partial charge is 0.333 e. The number of methoxy groups -OCH3 is 1. The number of ether oxygens (including phenoxy) is 1. The van der Waals surface area contributed by atoms with Crippen molar-refractivity contribution in [3.05, 3.63) is 62.6 Å². The van der Waals surface area contributed by atoms with Crippen molar-refractivity contribution in [2.75, 3.05) is 7.11 Å². The van der Waals surface area contributed by atoms with E-state index in [0.29, 0.717) is 5.78 Å². The molecule has 4 aromatic rings. The van der Waals surface area contributed by atoms with Crippen molar-refractivity contribution >= 4 is 22.9 Å². The van der Waals surface area contributed by atoms with E-state index in [1.165, 1.54) is 18.7 Å². The highest BCUT2D eigenvalue weighted by Gasteiger charge is 2.21. The summed E-state index contributed by atoms with van der Waals surface area (Å²) in [5.41, 5.74) is 2.18. The number of nitrogens with zero attached hydrogens (tertiary/aromatic N) is 5. The highest BCUT2D eigenvalue weighted by molar-refractivity contribution is 5.77. The van der Waals surface area contributed by atoms with Crippen molar-refractivity contribution in [3.63, 3.8) is 0 Å². The monoisotopic (exact) mass is 381 g/mol. The molecule has 0 N–H and O–H groups in total. The molecule has 4 rings (SSSR count). The first-order chi connectivity index (χ1) is 13.3. The molecule has 144 valence electrons. The number of aryl methyl sites for hydroxylation is 3. The first-order valence-electron chi connectivity index (χ1n) is 8.67. The third-order valence-corrected chi connectivity index (χ3v) is 4.83. The van der Waals surface area contributed by atoms with Crippen LogP contribution < -0.4 is 11.2 Å². The number of carbonyl (C=O) groups is 1. The summed E-state index contributed by atoms with van der Waals surface area (Å²) in [5, 5.41) is 0. The third kappa shape index (κ3) is 2.47. The summed E-state index contributed by atoms with van der Waals surface area (Å²) < 4.78 is 10.3. The summed E-state index contributed by atoms with van der Waals surface area (Å²) in [4.78, 5) is 41.8. The SMILES string of the molecule is COC(=O)Cn1c(=O)c2c(nc3n(-c4ccc(C)cc4)c(C)cn23)n(C)c1=O. The number of hydrogen-bond acceptors (Lipinski definition) is 5. The van der Waals surface area contributed by atoms with Gasteiger partial charge in [0.2, 0.25) is 5.78 Å². The summed E-state index contributed by atoms with van der Waals surface area (Å²) in [6, 6.07) is 7.92. The molecule has 1 aromatic carbocycles. The predicted octanol–water partition coefficient (Wildman–Crippen LogP) is 0.928. The van der Waals surface area contributed by atoms with Crippen molar-refractivity contribution in [1.82, 2.24) is 23.1 Å². The zero-order valence-electron chi connectivity index (χ0n) is 16.0. The van der Waals surface area contributed by atoms with Crippen LogP contribution in [0.2, 0.25) is 0 Å². The van der Waals surface area contributed by atoms with E-state index in [1.807, 2.05) is 42.7 Å². The number of carbonyl (C=O) groups excluding carboxylic acids is 1. The lowest BCUT2D eigenvalue weighted by molar-refractivity contribution is -0.141. The summed E-state index contributed by atoms with van der Waals surface area (Å²) in [6.07, 6.45) is 1.79. The average molecular weight is 381 g/mol. The van der Waals surface area contributed by atoms with Gasteiger partial charge < -0.3 is 4.74 Å². The van der Waals surface area contributed by atoms with Gasteiger partial charge in [0.25, 0.3) is 5.56 Å². The molecule has 0 bridgehead atoms. The van der Waals surface area contributed by atoms with Gasteiger partial charge in [-0.25, -0.2) is 9.36 Å². The van der Waals surface area contributed by atoms with Gasteiger partial charge in [-0.15, -0.1) is 0 Å². The number of fused-ring (bicyclic) bond motifs is 3. The van der Waals surface area contributed by atoms with E-state index < -0.39 is 23.8 Å². The maximum atomic E-state index is 13.0. The molecule has 0 fully saturated rings. The molecule has 0 aliphatic heterocycles. The van der Waals surface area contributed by atoms with E-state index in [0.717, 1.165) is 21.5 Å². The number of hydrogen-bond donors (Lipinski definition) is 0. The first kappa shape index (κ1) is 17.8. The van der Waals surface area contributed by atoms with E-state index in [2.05, 4.69) is 9.72 Å². The lowest BCUT2D eigenvalue weighted by Crippen LogP contribution is -2.41. The molecule has 0 atom stereocenters. The van der Waals surface area contributed by atoms with Gasteiger partial charge in [0.1, 0.15) is 6.54 Å². The number of rotatable bonds is 3. The Morgan fingerprint density at radius 1 is 1.14 bits per heavy atom. The van der Waals surface area contributed by atoms with Crippen molar-refractivity contribution in [2.24, 2.45) is 7.05 Å². The van der Waals surface area contributed by atoms with Crippen molar-refractivity contribution in [3.8, 4) is 5.69 Å². The third-order valence-electron chi connectivity index (χ3n) is 4.83. The van der Waals surface area contributed by atoms with Gasteiger partial charge in [-0.1, -0.05) is 17.7 Å². The van der Waals surface area contributed by atoms with Crippen LogP contribution in [-0.2, 0) is 23.1 Å². The van der Waals surface area contributed by atoms with Gasteiger partial charge in [0.15, 0.2) is 11.2 Å². The lowest BCUT2D eigenvalue weighted by atomic mass is 10.2. The molecule has 0 amide bonds. The van der Waals surface area contributed by atoms with Crippen LogP contribution in [0.3, 0.4) is 0 Å². The second kappa shape index (κ2) is 6.22. The normalized spacial score (nSPS) is 11.4. The van der Waals surface area contributed by atoms with Crippen LogP contribution in [0.15, 0.2) is 40.1 Å². The second-order valence-electron chi connectivity index (χ2n) is 6.70. The summed E-state index contributed by atoms with van der Waals surface area (Å²) >= 11 is 0. The highest BCUT2D eigenvalue weighted by Crippen LogP contribution is 2.21. The molecule has 0 saturated heterocycles. The van der Waals surface area contributed by atoms with Gasteiger partial charge in [0, 0.05) is 24.6 Å². The Hall–Kier alpha value is -3.62. The number of imidazole rings is 2. The van der Waals surface area contributed by atoms with E-state index >= 15 is 0 Å². The van der Waals surface area contributed by atoms with Crippen LogP contribution in [0.1, 0.15) is 11.3 Å². The molecule has 0 aliphatic rings. The molecule has 0 unspecified atom stereocenters. The Labute approximate surface area is 159 Å². The molecule has 9 heteroatoms. The summed E-state index contributed by atoms with van der Waals surface area (Å²) in [7, 11) is 2.73. The van der Waals surface area contributed by atoms with Crippen molar-refractivity contribution < 1.29 is 9.53 Å². The Morgan fingerprint density at radius 2 is 1.82 bits per heavy atom. The minimum absolute atomic E-state index is 0.231. The first-order valence-corrected chi connectivity index (χ1v) is 8.67.